The molecule has 1 aliphatic heterocycles. The lowest BCUT2D eigenvalue weighted by Gasteiger charge is -2.26. The minimum Gasteiger partial charge on any atom is -0.392 e. The van der Waals surface area contributed by atoms with E-state index >= 15 is 0 Å². The van der Waals surface area contributed by atoms with Crippen LogP contribution in [0.15, 0.2) is 18.3 Å². The molecule has 1 aromatic heterocycles. The van der Waals surface area contributed by atoms with Gasteiger partial charge in [-0.25, -0.2) is 0 Å². The van der Waals surface area contributed by atoms with Gasteiger partial charge in [0.1, 0.15) is 5.69 Å². The van der Waals surface area contributed by atoms with Gasteiger partial charge in [0.05, 0.1) is 6.10 Å². The second-order valence-electron chi connectivity index (χ2n) is 4.84. The molecular weight excluding hydrogens is 230 g/mol. The third kappa shape index (κ3) is 3.11. The van der Waals surface area contributed by atoms with Crippen LogP contribution >= 0.6 is 0 Å². The molecule has 0 radical (unpaired) electrons. The van der Waals surface area contributed by atoms with E-state index in [1.165, 1.54) is 0 Å². The molecule has 18 heavy (non-hydrogen) atoms. The molecule has 0 aromatic carbocycles. The second kappa shape index (κ2) is 6.02. The van der Waals surface area contributed by atoms with E-state index < -0.39 is 6.10 Å². The van der Waals surface area contributed by atoms with Gasteiger partial charge in [0.15, 0.2) is 0 Å². The summed E-state index contributed by atoms with van der Waals surface area (Å²) in [5.41, 5.74) is 0.683. The summed E-state index contributed by atoms with van der Waals surface area (Å²) in [5.74, 6) is -0.112. The van der Waals surface area contributed by atoms with Gasteiger partial charge in [-0.1, -0.05) is 0 Å². The predicted molar refractivity (Wildman–Crippen MR) is 69.6 cm³/mol. The SMILES string of the molecule is C[C@H](O)CNC(=O)c1cccn1C1CCNCC1. The van der Waals surface area contributed by atoms with Gasteiger partial charge in [0.2, 0.25) is 0 Å². The highest BCUT2D eigenvalue weighted by molar-refractivity contribution is 5.92. The molecule has 5 heteroatoms. The first-order valence-corrected chi connectivity index (χ1v) is 6.52. The molecule has 1 amide bonds. The summed E-state index contributed by atoms with van der Waals surface area (Å²) in [4.78, 5) is 12.0. The summed E-state index contributed by atoms with van der Waals surface area (Å²) in [5, 5.41) is 15.2. The number of nitrogens with one attached hydrogen (secondary N) is 2. The van der Waals surface area contributed by atoms with Crippen molar-refractivity contribution in [2.75, 3.05) is 19.6 Å². The molecule has 1 atom stereocenters. The topological polar surface area (TPSA) is 66.3 Å². The molecule has 0 unspecified atom stereocenters. The zero-order valence-corrected chi connectivity index (χ0v) is 10.7. The van der Waals surface area contributed by atoms with E-state index in [-0.39, 0.29) is 12.5 Å². The highest BCUT2D eigenvalue weighted by atomic mass is 16.3. The number of aliphatic hydroxyl groups excluding tert-OH is 1. The fraction of sp³-hybridized carbons (Fsp3) is 0.615. The van der Waals surface area contributed by atoms with Crippen LogP contribution in [0.1, 0.15) is 36.3 Å². The van der Waals surface area contributed by atoms with E-state index in [1.54, 1.807) is 6.92 Å². The van der Waals surface area contributed by atoms with Crippen molar-refractivity contribution in [1.82, 2.24) is 15.2 Å². The van der Waals surface area contributed by atoms with Crippen LogP contribution in [0.4, 0.5) is 0 Å². The quantitative estimate of drug-likeness (QED) is 0.731. The van der Waals surface area contributed by atoms with Crippen LogP contribution in [0.5, 0.6) is 0 Å². The molecule has 0 aliphatic carbocycles. The predicted octanol–water partition coefficient (Wildman–Crippen LogP) is 0.523. The van der Waals surface area contributed by atoms with Crippen molar-refractivity contribution in [2.45, 2.75) is 31.9 Å². The van der Waals surface area contributed by atoms with Gasteiger partial charge in [0.25, 0.3) is 5.91 Å². The number of aromatic nitrogens is 1. The van der Waals surface area contributed by atoms with Crippen molar-refractivity contribution in [3.05, 3.63) is 24.0 Å². The lowest BCUT2D eigenvalue weighted by molar-refractivity contribution is 0.0911. The van der Waals surface area contributed by atoms with Crippen LogP contribution in [0.3, 0.4) is 0 Å². The zero-order chi connectivity index (χ0) is 13.0. The van der Waals surface area contributed by atoms with Crippen LogP contribution < -0.4 is 10.6 Å². The Bertz CT molecular complexity index is 395. The largest absolute Gasteiger partial charge is 0.392 e. The molecule has 1 saturated heterocycles. The number of nitrogens with zero attached hydrogens (tertiary/aromatic N) is 1. The Morgan fingerprint density at radius 1 is 1.61 bits per heavy atom. The Morgan fingerprint density at radius 3 is 3.00 bits per heavy atom. The number of amides is 1. The van der Waals surface area contributed by atoms with E-state index in [0.717, 1.165) is 25.9 Å². The molecule has 2 heterocycles. The van der Waals surface area contributed by atoms with E-state index in [9.17, 15) is 9.90 Å². The van der Waals surface area contributed by atoms with E-state index in [2.05, 4.69) is 15.2 Å². The number of carbonyl (C=O) groups excluding carboxylic acids is 1. The Balaban J connectivity index is 2.04. The third-order valence-electron chi connectivity index (χ3n) is 3.27. The molecule has 5 nitrogen and oxygen atoms in total. The van der Waals surface area contributed by atoms with Gasteiger partial charge in [-0.05, 0) is 45.0 Å². The molecule has 0 bridgehead atoms. The normalized spacial score (nSPS) is 18.6. The highest BCUT2D eigenvalue weighted by Gasteiger charge is 2.19. The first kappa shape index (κ1) is 13.1. The van der Waals surface area contributed by atoms with Crippen LogP contribution in [0.25, 0.3) is 0 Å². The van der Waals surface area contributed by atoms with Gasteiger partial charge >= 0.3 is 0 Å². The van der Waals surface area contributed by atoms with Gasteiger partial charge in [0, 0.05) is 18.8 Å². The third-order valence-corrected chi connectivity index (χ3v) is 3.27. The van der Waals surface area contributed by atoms with Crippen LogP contribution in [-0.4, -0.2) is 41.3 Å². The summed E-state index contributed by atoms with van der Waals surface area (Å²) >= 11 is 0. The average Bonchev–Trinajstić information content (AvgIpc) is 2.86. The number of hydrogen-bond donors (Lipinski definition) is 3. The number of hydrogen-bond acceptors (Lipinski definition) is 3. The number of aliphatic hydroxyl groups is 1. The summed E-state index contributed by atoms with van der Waals surface area (Å²) < 4.78 is 2.05. The van der Waals surface area contributed by atoms with Gasteiger partial charge in [-0.15, -0.1) is 0 Å². The number of carbonyl (C=O) groups is 1. The van der Waals surface area contributed by atoms with Gasteiger partial charge in [-0.3, -0.25) is 4.79 Å². The summed E-state index contributed by atoms with van der Waals surface area (Å²) in [7, 11) is 0. The standard InChI is InChI=1S/C13H21N3O2/c1-10(17)9-15-13(18)12-3-2-8-16(12)11-4-6-14-7-5-11/h2-3,8,10-11,14,17H,4-7,9H2,1H3,(H,15,18)/t10-/m0/s1. The van der Waals surface area contributed by atoms with Crippen molar-refractivity contribution in [1.29, 1.82) is 0 Å². The molecule has 1 aromatic rings. The lowest BCUT2D eigenvalue weighted by atomic mass is 10.1. The minimum atomic E-state index is -0.517. The maximum Gasteiger partial charge on any atom is 0.268 e. The molecule has 3 N–H and O–H groups in total. The van der Waals surface area contributed by atoms with Crippen LogP contribution in [-0.2, 0) is 0 Å². The minimum absolute atomic E-state index is 0.112. The Labute approximate surface area is 107 Å². The fourth-order valence-corrected chi connectivity index (χ4v) is 2.32. The lowest BCUT2D eigenvalue weighted by Crippen LogP contribution is -2.34. The maximum atomic E-state index is 12.0. The maximum absolute atomic E-state index is 12.0. The first-order chi connectivity index (χ1) is 8.68. The van der Waals surface area contributed by atoms with E-state index in [0.29, 0.717) is 11.7 Å². The van der Waals surface area contributed by atoms with Crippen molar-refractivity contribution in [3.63, 3.8) is 0 Å². The monoisotopic (exact) mass is 251 g/mol. The molecule has 0 spiro atoms. The van der Waals surface area contributed by atoms with E-state index in [1.807, 2.05) is 18.3 Å². The fourth-order valence-electron chi connectivity index (χ4n) is 2.32. The van der Waals surface area contributed by atoms with Crippen molar-refractivity contribution >= 4 is 5.91 Å². The molecule has 0 saturated carbocycles. The van der Waals surface area contributed by atoms with Gasteiger partial charge in [-0.2, -0.15) is 0 Å². The number of piperidine rings is 1. The highest BCUT2D eigenvalue weighted by Crippen LogP contribution is 2.21. The Kier molecular flexibility index (Phi) is 4.38. The summed E-state index contributed by atoms with van der Waals surface area (Å²) in [6, 6.07) is 4.13. The molecule has 100 valence electrons. The van der Waals surface area contributed by atoms with Gasteiger partial charge < -0.3 is 20.3 Å². The number of rotatable bonds is 4. The first-order valence-electron chi connectivity index (χ1n) is 6.52. The van der Waals surface area contributed by atoms with Crippen molar-refractivity contribution in [2.24, 2.45) is 0 Å². The van der Waals surface area contributed by atoms with Crippen molar-refractivity contribution in [3.8, 4) is 0 Å². The summed E-state index contributed by atoms with van der Waals surface area (Å²) in [6.07, 6.45) is 3.54. The van der Waals surface area contributed by atoms with E-state index in [4.69, 9.17) is 0 Å². The molecule has 1 aliphatic rings. The van der Waals surface area contributed by atoms with Crippen molar-refractivity contribution < 1.29 is 9.90 Å². The smallest absolute Gasteiger partial charge is 0.268 e. The Morgan fingerprint density at radius 2 is 2.33 bits per heavy atom. The summed E-state index contributed by atoms with van der Waals surface area (Å²) in [6.45, 7) is 3.94. The Hall–Kier alpha value is -1.33. The average molecular weight is 251 g/mol. The molecular formula is C13H21N3O2. The second-order valence-corrected chi connectivity index (χ2v) is 4.84. The zero-order valence-electron chi connectivity index (χ0n) is 10.7. The molecule has 1 fully saturated rings. The molecule has 2 rings (SSSR count). The van der Waals surface area contributed by atoms with Crippen LogP contribution in [0.2, 0.25) is 0 Å². The van der Waals surface area contributed by atoms with Crippen LogP contribution in [0, 0.1) is 0 Å².